The first kappa shape index (κ1) is 11.1. The first-order valence-corrected chi connectivity index (χ1v) is 6.42. The van der Waals surface area contributed by atoms with Crippen molar-refractivity contribution < 1.29 is 4.74 Å². The van der Waals surface area contributed by atoms with Crippen molar-refractivity contribution in [1.82, 2.24) is 0 Å². The van der Waals surface area contributed by atoms with Gasteiger partial charge in [-0.05, 0) is 44.7 Å². The molecule has 2 N–H and O–H groups in total. The minimum Gasteiger partial charge on any atom is -0.378 e. The summed E-state index contributed by atoms with van der Waals surface area (Å²) in [6, 6.07) is 2.37. The van der Waals surface area contributed by atoms with Crippen LogP contribution in [0.1, 0.15) is 40.6 Å². The van der Waals surface area contributed by atoms with Crippen molar-refractivity contribution in [2.24, 2.45) is 5.73 Å². The summed E-state index contributed by atoms with van der Waals surface area (Å²) in [5.41, 5.74) is 7.53. The predicted molar refractivity (Wildman–Crippen MR) is 64.3 cm³/mol. The van der Waals surface area contributed by atoms with Crippen molar-refractivity contribution in [1.29, 1.82) is 0 Å². The normalized spacial score (nSPS) is 23.3. The van der Waals surface area contributed by atoms with Crippen molar-refractivity contribution >= 4 is 11.3 Å². The Bertz CT molecular complexity index is 328. The van der Waals surface area contributed by atoms with E-state index < -0.39 is 0 Å². The fraction of sp³-hybridized carbons (Fsp3) is 0.667. The lowest BCUT2D eigenvalue weighted by atomic mass is 10.0. The Morgan fingerprint density at radius 1 is 1.60 bits per heavy atom. The minimum atomic E-state index is 0.151. The zero-order valence-corrected chi connectivity index (χ0v) is 10.3. The fourth-order valence-corrected chi connectivity index (χ4v) is 3.26. The highest BCUT2D eigenvalue weighted by molar-refractivity contribution is 7.12. The maximum atomic E-state index is 6.22. The Labute approximate surface area is 95.4 Å². The smallest absolute Gasteiger partial charge is 0.0594 e. The molecule has 2 rings (SSSR count). The second kappa shape index (κ2) is 4.64. The standard InChI is InChI=1S/C12H19NOS/c1-8-6-11(9(2)15-8)12(13)7-10-4-3-5-14-10/h6,10,12H,3-5,7,13H2,1-2H3. The zero-order valence-electron chi connectivity index (χ0n) is 9.45. The van der Waals surface area contributed by atoms with Gasteiger partial charge >= 0.3 is 0 Å². The van der Waals surface area contributed by atoms with Crippen molar-refractivity contribution in [3.05, 3.63) is 21.4 Å². The number of nitrogens with two attached hydrogens (primary N) is 1. The number of thiophene rings is 1. The minimum absolute atomic E-state index is 0.151. The molecule has 0 amide bonds. The lowest BCUT2D eigenvalue weighted by molar-refractivity contribution is 0.0983. The van der Waals surface area contributed by atoms with E-state index in [2.05, 4.69) is 19.9 Å². The van der Waals surface area contributed by atoms with Gasteiger partial charge in [0.1, 0.15) is 0 Å². The third-order valence-electron chi connectivity index (χ3n) is 3.02. The van der Waals surface area contributed by atoms with Crippen molar-refractivity contribution in [2.75, 3.05) is 6.61 Å². The van der Waals surface area contributed by atoms with Crippen molar-refractivity contribution in [3.8, 4) is 0 Å². The molecule has 0 bridgehead atoms. The summed E-state index contributed by atoms with van der Waals surface area (Å²) in [5.74, 6) is 0. The lowest BCUT2D eigenvalue weighted by Gasteiger charge is -2.16. The van der Waals surface area contributed by atoms with Gasteiger partial charge in [-0.25, -0.2) is 0 Å². The monoisotopic (exact) mass is 225 g/mol. The number of hydrogen-bond acceptors (Lipinski definition) is 3. The van der Waals surface area contributed by atoms with Crippen LogP contribution < -0.4 is 5.73 Å². The summed E-state index contributed by atoms with van der Waals surface area (Å²) < 4.78 is 5.62. The highest BCUT2D eigenvalue weighted by Crippen LogP contribution is 2.29. The second-order valence-corrected chi connectivity index (χ2v) is 5.81. The van der Waals surface area contributed by atoms with Crippen LogP contribution in [0.25, 0.3) is 0 Å². The summed E-state index contributed by atoms with van der Waals surface area (Å²) in [6.45, 7) is 5.21. The van der Waals surface area contributed by atoms with E-state index in [1.807, 2.05) is 11.3 Å². The van der Waals surface area contributed by atoms with Gasteiger partial charge in [-0.15, -0.1) is 11.3 Å². The maximum absolute atomic E-state index is 6.22. The van der Waals surface area contributed by atoms with E-state index in [-0.39, 0.29) is 6.04 Å². The Hall–Kier alpha value is -0.380. The maximum Gasteiger partial charge on any atom is 0.0594 e. The third kappa shape index (κ3) is 2.60. The van der Waals surface area contributed by atoms with Crippen molar-refractivity contribution in [2.45, 2.75) is 45.3 Å². The van der Waals surface area contributed by atoms with E-state index in [1.54, 1.807) is 0 Å². The van der Waals surface area contributed by atoms with Crippen LogP contribution >= 0.6 is 11.3 Å². The van der Waals surface area contributed by atoms with Crippen LogP contribution in [0, 0.1) is 13.8 Å². The average Bonchev–Trinajstić information content (AvgIpc) is 2.75. The van der Waals surface area contributed by atoms with E-state index in [0.717, 1.165) is 13.0 Å². The topological polar surface area (TPSA) is 35.2 Å². The van der Waals surface area contributed by atoms with E-state index in [0.29, 0.717) is 6.10 Å². The second-order valence-electron chi connectivity index (χ2n) is 4.35. The molecule has 1 aromatic heterocycles. The molecule has 0 spiro atoms. The van der Waals surface area contributed by atoms with E-state index in [4.69, 9.17) is 10.5 Å². The Morgan fingerprint density at radius 3 is 2.93 bits per heavy atom. The van der Waals surface area contributed by atoms with Gasteiger partial charge in [0.15, 0.2) is 0 Å². The molecular weight excluding hydrogens is 206 g/mol. The average molecular weight is 225 g/mol. The zero-order chi connectivity index (χ0) is 10.8. The molecule has 1 aliphatic heterocycles. The molecule has 2 nitrogen and oxygen atoms in total. The molecule has 15 heavy (non-hydrogen) atoms. The first-order chi connectivity index (χ1) is 7.16. The van der Waals surface area contributed by atoms with Gasteiger partial charge in [-0.2, -0.15) is 0 Å². The lowest BCUT2D eigenvalue weighted by Crippen LogP contribution is -2.18. The largest absolute Gasteiger partial charge is 0.378 e. The molecule has 0 aromatic carbocycles. The number of ether oxygens (including phenoxy) is 1. The summed E-state index contributed by atoms with van der Waals surface area (Å²) >= 11 is 1.83. The molecule has 0 aliphatic carbocycles. The van der Waals surface area contributed by atoms with E-state index in [9.17, 15) is 0 Å². The predicted octanol–water partition coefficient (Wildman–Crippen LogP) is 2.93. The molecule has 2 atom stereocenters. The highest BCUT2D eigenvalue weighted by atomic mass is 32.1. The summed E-state index contributed by atoms with van der Waals surface area (Å²) in [7, 11) is 0. The molecule has 2 heterocycles. The van der Waals surface area contributed by atoms with E-state index in [1.165, 1.54) is 28.2 Å². The van der Waals surface area contributed by atoms with Gasteiger partial charge in [-0.3, -0.25) is 0 Å². The third-order valence-corrected chi connectivity index (χ3v) is 4.00. The van der Waals surface area contributed by atoms with Gasteiger partial charge in [0.25, 0.3) is 0 Å². The summed E-state index contributed by atoms with van der Waals surface area (Å²) in [5, 5.41) is 0. The SMILES string of the molecule is Cc1cc(C(N)CC2CCCO2)c(C)s1. The highest BCUT2D eigenvalue weighted by Gasteiger charge is 2.21. The van der Waals surface area contributed by atoms with Gasteiger partial charge in [-0.1, -0.05) is 0 Å². The van der Waals surface area contributed by atoms with Gasteiger partial charge in [0.2, 0.25) is 0 Å². The number of rotatable bonds is 3. The molecule has 0 radical (unpaired) electrons. The summed E-state index contributed by atoms with van der Waals surface area (Å²) in [4.78, 5) is 2.71. The fourth-order valence-electron chi connectivity index (χ4n) is 2.26. The molecule has 1 aliphatic rings. The van der Waals surface area contributed by atoms with Crippen LogP contribution in [0.4, 0.5) is 0 Å². The Kier molecular flexibility index (Phi) is 3.44. The molecule has 84 valence electrons. The van der Waals surface area contributed by atoms with Crippen LogP contribution in [-0.2, 0) is 4.74 Å². The van der Waals surface area contributed by atoms with Gasteiger partial charge < -0.3 is 10.5 Å². The number of aryl methyl sites for hydroxylation is 2. The molecule has 3 heteroatoms. The molecule has 2 unspecified atom stereocenters. The van der Waals surface area contributed by atoms with Crippen LogP contribution in [0.3, 0.4) is 0 Å². The molecule has 1 aromatic rings. The quantitative estimate of drug-likeness (QED) is 0.858. The van der Waals surface area contributed by atoms with Crippen LogP contribution in [0.2, 0.25) is 0 Å². The molecule has 0 saturated carbocycles. The van der Waals surface area contributed by atoms with E-state index >= 15 is 0 Å². The first-order valence-electron chi connectivity index (χ1n) is 5.61. The van der Waals surface area contributed by atoms with Gasteiger partial charge in [0, 0.05) is 22.4 Å². The van der Waals surface area contributed by atoms with Crippen molar-refractivity contribution in [3.63, 3.8) is 0 Å². The number of hydrogen-bond donors (Lipinski definition) is 1. The molecular formula is C12H19NOS. The van der Waals surface area contributed by atoms with Crippen LogP contribution in [0.5, 0.6) is 0 Å². The Morgan fingerprint density at radius 2 is 2.40 bits per heavy atom. The molecule has 1 fully saturated rings. The van der Waals surface area contributed by atoms with Crippen LogP contribution in [0.15, 0.2) is 6.07 Å². The van der Waals surface area contributed by atoms with Crippen LogP contribution in [-0.4, -0.2) is 12.7 Å². The summed E-state index contributed by atoms with van der Waals surface area (Å²) in [6.07, 6.45) is 3.73. The van der Waals surface area contributed by atoms with Gasteiger partial charge in [0.05, 0.1) is 6.10 Å². The molecule has 1 saturated heterocycles. The Balaban J connectivity index is 2.00.